The van der Waals surface area contributed by atoms with Crippen LogP contribution in [0.5, 0.6) is 0 Å². The first-order valence-electron chi connectivity index (χ1n) is 5.92. The minimum Gasteiger partial charge on any atom is -0.453 e. The van der Waals surface area contributed by atoms with Crippen LogP contribution in [-0.4, -0.2) is 26.5 Å². The summed E-state index contributed by atoms with van der Waals surface area (Å²) in [6.45, 7) is 1.93. The lowest BCUT2D eigenvalue weighted by Gasteiger charge is -2.15. The Morgan fingerprint density at radius 2 is 1.79 bits per heavy atom. The Bertz CT molecular complexity index is 438. The van der Waals surface area contributed by atoms with Crippen molar-refractivity contribution in [3.8, 4) is 0 Å². The number of benzene rings is 1. The van der Waals surface area contributed by atoms with Gasteiger partial charge in [-0.1, -0.05) is 37.3 Å². The zero-order valence-electron chi connectivity index (χ0n) is 11.4. The number of esters is 1. The van der Waals surface area contributed by atoms with E-state index in [1.54, 1.807) is 0 Å². The number of carbonyl (C=O) groups is 1. The predicted octanol–water partition coefficient (Wildman–Crippen LogP) is 3.17. The van der Waals surface area contributed by atoms with E-state index < -0.39 is 13.6 Å². The third-order valence-corrected chi connectivity index (χ3v) is 4.34. The van der Waals surface area contributed by atoms with Crippen molar-refractivity contribution < 1.29 is 23.1 Å². The van der Waals surface area contributed by atoms with Gasteiger partial charge in [0.1, 0.15) is 0 Å². The lowest BCUT2D eigenvalue weighted by atomic mass is 9.98. The van der Waals surface area contributed by atoms with Crippen molar-refractivity contribution in [2.24, 2.45) is 0 Å². The molecular formula is C13H19O5P. The molecule has 0 N–H and O–H groups in total. The van der Waals surface area contributed by atoms with Crippen LogP contribution in [0.3, 0.4) is 0 Å². The lowest BCUT2D eigenvalue weighted by Crippen LogP contribution is -2.10. The minimum atomic E-state index is -3.29. The van der Waals surface area contributed by atoms with Crippen LogP contribution in [0, 0.1) is 0 Å². The molecule has 1 unspecified atom stereocenters. The molecule has 0 aromatic heterocycles. The highest BCUT2D eigenvalue weighted by atomic mass is 31.2. The summed E-state index contributed by atoms with van der Waals surface area (Å²) in [5, 5.41) is 0. The average molecular weight is 286 g/mol. The standard InChI is InChI=1S/C13H19O5P/c1-11(12-7-5-4-6-8-12)9-13(14)18-10-19(15,16-2)17-3/h4-8,11H,9-10H2,1-3H3. The second kappa shape index (κ2) is 7.43. The zero-order chi connectivity index (χ0) is 14.3. The third kappa shape index (κ3) is 5.15. The van der Waals surface area contributed by atoms with Crippen LogP contribution >= 0.6 is 7.60 Å². The average Bonchev–Trinajstić information content (AvgIpc) is 2.45. The van der Waals surface area contributed by atoms with E-state index in [-0.39, 0.29) is 18.7 Å². The number of carbonyl (C=O) groups excluding carboxylic acids is 1. The molecule has 0 bridgehead atoms. The Kier molecular flexibility index (Phi) is 6.22. The van der Waals surface area contributed by atoms with Crippen LogP contribution in [0.25, 0.3) is 0 Å². The highest BCUT2D eigenvalue weighted by Gasteiger charge is 2.24. The van der Waals surface area contributed by atoms with Gasteiger partial charge in [0.25, 0.3) is 0 Å². The van der Waals surface area contributed by atoms with Crippen LogP contribution in [0.1, 0.15) is 24.8 Å². The topological polar surface area (TPSA) is 61.8 Å². The summed E-state index contributed by atoms with van der Waals surface area (Å²) in [6, 6.07) is 9.66. The molecule has 1 aromatic rings. The van der Waals surface area contributed by atoms with Gasteiger partial charge in [-0.25, -0.2) is 0 Å². The highest BCUT2D eigenvalue weighted by Crippen LogP contribution is 2.46. The molecule has 1 atom stereocenters. The van der Waals surface area contributed by atoms with Gasteiger partial charge < -0.3 is 13.8 Å². The summed E-state index contributed by atoms with van der Waals surface area (Å²) < 4.78 is 26.0. The first kappa shape index (κ1) is 15.9. The van der Waals surface area contributed by atoms with Crippen molar-refractivity contribution in [3.63, 3.8) is 0 Å². The number of hydrogen-bond donors (Lipinski definition) is 0. The van der Waals surface area contributed by atoms with E-state index in [4.69, 9.17) is 4.74 Å². The van der Waals surface area contributed by atoms with E-state index in [9.17, 15) is 9.36 Å². The Labute approximate surface area is 113 Å². The molecule has 0 spiro atoms. The van der Waals surface area contributed by atoms with Gasteiger partial charge in [-0.3, -0.25) is 9.36 Å². The molecule has 0 aliphatic rings. The predicted molar refractivity (Wildman–Crippen MR) is 72.1 cm³/mol. The monoisotopic (exact) mass is 286 g/mol. The van der Waals surface area contributed by atoms with Crippen LogP contribution in [0.15, 0.2) is 30.3 Å². The molecule has 5 nitrogen and oxygen atoms in total. The third-order valence-electron chi connectivity index (χ3n) is 2.78. The molecule has 1 aromatic carbocycles. The molecule has 19 heavy (non-hydrogen) atoms. The van der Waals surface area contributed by atoms with Gasteiger partial charge in [0, 0.05) is 14.2 Å². The van der Waals surface area contributed by atoms with Gasteiger partial charge in [-0.05, 0) is 11.5 Å². The van der Waals surface area contributed by atoms with Crippen molar-refractivity contribution in [2.75, 3.05) is 20.6 Å². The Morgan fingerprint density at radius 1 is 1.21 bits per heavy atom. The van der Waals surface area contributed by atoms with Crippen molar-refractivity contribution in [1.29, 1.82) is 0 Å². The number of hydrogen-bond acceptors (Lipinski definition) is 5. The molecule has 0 saturated heterocycles. The maximum absolute atomic E-state index is 11.7. The van der Waals surface area contributed by atoms with Crippen molar-refractivity contribution in [3.05, 3.63) is 35.9 Å². The molecule has 0 heterocycles. The SMILES string of the molecule is COP(=O)(COC(=O)CC(C)c1ccccc1)OC. The molecule has 6 heteroatoms. The van der Waals surface area contributed by atoms with Gasteiger partial charge in [-0.2, -0.15) is 0 Å². The molecule has 0 aliphatic carbocycles. The van der Waals surface area contributed by atoms with Gasteiger partial charge in [0.05, 0.1) is 6.42 Å². The molecule has 0 amide bonds. The molecule has 0 fully saturated rings. The fourth-order valence-electron chi connectivity index (χ4n) is 1.54. The first-order valence-corrected chi connectivity index (χ1v) is 7.64. The first-order chi connectivity index (χ1) is 9.00. The molecule has 1 rings (SSSR count). The smallest absolute Gasteiger partial charge is 0.367 e. The van der Waals surface area contributed by atoms with E-state index in [0.717, 1.165) is 5.56 Å². The van der Waals surface area contributed by atoms with E-state index in [1.165, 1.54) is 14.2 Å². The molecule has 106 valence electrons. The van der Waals surface area contributed by atoms with Crippen molar-refractivity contribution in [1.82, 2.24) is 0 Å². The van der Waals surface area contributed by atoms with Gasteiger partial charge in [0.2, 0.25) is 0 Å². The summed E-state index contributed by atoms with van der Waals surface area (Å²) >= 11 is 0. The molecule has 0 saturated carbocycles. The second-order valence-electron chi connectivity index (χ2n) is 4.14. The Hall–Kier alpha value is -1.16. The fraction of sp³-hybridized carbons (Fsp3) is 0.462. The number of rotatable bonds is 7. The second-order valence-corrected chi connectivity index (χ2v) is 6.35. The van der Waals surface area contributed by atoms with Gasteiger partial charge in [0.15, 0.2) is 6.35 Å². The summed E-state index contributed by atoms with van der Waals surface area (Å²) in [5.41, 5.74) is 1.06. The quantitative estimate of drug-likeness (QED) is 0.569. The number of ether oxygens (including phenoxy) is 1. The van der Waals surface area contributed by atoms with Crippen molar-refractivity contribution >= 4 is 13.6 Å². The van der Waals surface area contributed by atoms with Crippen LogP contribution in [0.2, 0.25) is 0 Å². The van der Waals surface area contributed by atoms with Crippen LogP contribution in [0.4, 0.5) is 0 Å². The summed E-state index contributed by atoms with van der Waals surface area (Å²) in [7, 11) is -0.784. The fourth-order valence-corrected chi connectivity index (χ4v) is 2.20. The highest BCUT2D eigenvalue weighted by molar-refractivity contribution is 7.53. The maximum atomic E-state index is 11.7. The Balaban J connectivity index is 2.46. The van der Waals surface area contributed by atoms with Gasteiger partial charge in [-0.15, -0.1) is 0 Å². The van der Waals surface area contributed by atoms with E-state index >= 15 is 0 Å². The molecular weight excluding hydrogens is 267 g/mol. The summed E-state index contributed by atoms with van der Waals surface area (Å²) in [6.07, 6.45) is -0.141. The zero-order valence-corrected chi connectivity index (χ0v) is 12.3. The summed E-state index contributed by atoms with van der Waals surface area (Å²) in [4.78, 5) is 11.7. The Morgan fingerprint density at radius 3 is 2.32 bits per heavy atom. The lowest BCUT2D eigenvalue weighted by molar-refractivity contribution is -0.142. The minimum absolute atomic E-state index is 0.0400. The van der Waals surface area contributed by atoms with Crippen LogP contribution in [-0.2, 0) is 23.1 Å². The van der Waals surface area contributed by atoms with Crippen molar-refractivity contribution in [2.45, 2.75) is 19.3 Å². The maximum Gasteiger partial charge on any atom is 0.367 e. The van der Waals surface area contributed by atoms with E-state index in [1.807, 2.05) is 37.3 Å². The van der Waals surface area contributed by atoms with E-state index in [2.05, 4.69) is 9.05 Å². The van der Waals surface area contributed by atoms with E-state index in [0.29, 0.717) is 0 Å². The normalized spacial score (nSPS) is 13.0. The largest absolute Gasteiger partial charge is 0.453 e. The molecule has 0 radical (unpaired) electrons. The van der Waals surface area contributed by atoms with Crippen LogP contribution < -0.4 is 0 Å². The summed E-state index contributed by atoms with van der Waals surface area (Å²) in [5.74, 6) is -0.385. The van der Waals surface area contributed by atoms with Gasteiger partial charge >= 0.3 is 13.6 Å². The molecule has 0 aliphatic heterocycles.